The van der Waals surface area contributed by atoms with Gasteiger partial charge in [0.25, 0.3) is 5.69 Å². The molecule has 0 aromatic carbocycles. The van der Waals surface area contributed by atoms with Gasteiger partial charge in [-0.15, -0.1) is 23.1 Å². The molecule has 0 aliphatic rings. The third-order valence-electron chi connectivity index (χ3n) is 2.19. The molecule has 1 unspecified atom stereocenters. The van der Waals surface area contributed by atoms with Gasteiger partial charge < -0.3 is 5.11 Å². The van der Waals surface area contributed by atoms with Gasteiger partial charge in [-0.05, 0) is 13.3 Å². The zero-order valence-electron chi connectivity index (χ0n) is 9.47. The summed E-state index contributed by atoms with van der Waals surface area (Å²) in [5.74, 6) is 0. The molecule has 0 bridgehead atoms. The summed E-state index contributed by atoms with van der Waals surface area (Å²) in [6.07, 6.45) is 0.319. The Bertz CT molecular complexity index is 376. The first-order chi connectivity index (χ1) is 7.45. The van der Waals surface area contributed by atoms with Crippen molar-refractivity contribution in [2.45, 2.75) is 42.8 Å². The van der Waals surface area contributed by atoms with E-state index in [9.17, 15) is 15.2 Å². The highest BCUT2D eigenvalue weighted by atomic mass is 32.2. The van der Waals surface area contributed by atoms with Crippen LogP contribution in [-0.2, 0) is 0 Å². The number of nitrogens with zero attached hydrogens (tertiary/aromatic N) is 1. The maximum Gasteiger partial charge on any atom is 0.294 e. The fourth-order valence-corrected chi connectivity index (χ4v) is 3.62. The number of hydrogen-bond acceptors (Lipinski definition) is 5. The number of aliphatic hydroxyl groups is 1. The lowest BCUT2D eigenvalue weighted by Crippen LogP contribution is -1.93. The third-order valence-corrected chi connectivity index (χ3v) is 4.98. The quantitative estimate of drug-likeness (QED) is 0.499. The zero-order valence-corrected chi connectivity index (χ0v) is 11.1. The number of hydrogen-bond donors (Lipinski definition) is 1. The molecule has 0 saturated carbocycles. The molecule has 1 aromatic heterocycles. The van der Waals surface area contributed by atoms with Crippen LogP contribution in [0, 0.1) is 10.1 Å². The average molecular weight is 261 g/mol. The molecule has 16 heavy (non-hydrogen) atoms. The fourth-order valence-electron chi connectivity index (χ4n) is 1.07. The molecule has 0 aliphatic carbocycles. The molecule has 4 nitrogen and oxygen atoms in total. The van der Waals surface area contributed by atoms with Crippen LogP contribution in [0.4, 0.5) is 5.69 Å². The van der Waals surface area contributed by atoms with Crippen LogP contribution >= 0.6 is 23.1 Å². The molecular formula is C10H15NO3S2. The summed E-state index contributed by atoms with van der Waals surface area (Å²) >= 11 is 2.81. The van der Waals surface area contributed by atoms with Crippen LogP contribution in [0.15, 0.2) is 10.3 Å². The van der Waals surface area contributed by atoms with Gasteiger partial charge in [0.1, 0.15) is 4.21 Å². The molecule has 0 saturated heterocycles. The van der Waals surface area contributed by atoms with Crippen molar-refractivity contribution in [2.75, 3.05) is 0 Å². The van der Waals surface area contributed by atoms with Crippen molar-refractivity contribution in [3.05, 3.63) is 21.1 Å². The van der Waals surface area contributed by atoms with Crippen molar-refractivity contribution >= 4 is 28.8 Å². The first-order valence-corrected chi connectivity index (χ1v) is 6.78. The minimum atomic E-state index is -0.644. The molecule has 2 atom stereocenters. The SMILES string of the molecule is CCC(C)Sc1sc([C@H](C)O)cc1[N+](=O)[O-]. The highest BCUT2D eigenvalue weighted by Gasteiger charge is 2.22. The van der Waals surface area contributed by atoms with Crippen LogP contribution in [0.25, 0.3) is 0 Å². The first-order valence-electron chi connectivity index (χ1n) is 5.08. The van der Waals surface area contributed by atoms with Gasteiger partial charge in [-0.2, -0.15) is 0 Å². The van der Waals surface area contributed by atoms with E-state index in [1.54, 1.807) is 6.92 Å². The summed E-state index contributed by atoms with van der Waals surface area (Å²) in [5.41, 5.74) is 0.117. The number of aliphatic hydroxyl groups excluding tert-OH is 1. The van der Waals surface area contributed by atoms with Crippen LogP contribution in [-0.4, -0.2) is 15.3 Å². The Morgan fingerprint density at radius 1 is 1.62 bits per heavy atom. The number of thioether (sulfide) groups is 1. The van der Waals surface area contributed by atoms with E-state index in [0.717, 1.165) is 6.42 Å². The van der Waals surface area contributed by atoms with Crippen molar-refractivity contribution in [1.29, 1.82) is 0 Å². The molecule has 0 amide bonds. The van der Waals surface area contributed by atoms with Gasteiger partial charge in [0.05, 0.1) is 11.0 Å². The van der Waals surface area contributed by atoms with Gasteiger partial charge in [-0.1, -0.05) is 13.8 Å². The summed E-state index contributed by atoms with van der Waals surface area (Å²) in [6, 6.07) is 1.47. The average Bonchev–Trinajstić information content (AvgIpc) is 2.61. The summed E-state index contributed by atoms with van der Waals surface area (Å²) in [4.78, 5) is 11.1. The lowest BCUT2D eigenvalue weighted by molar-refractivity contribution is -0.387. The van der Waals surface area contributed by atoms with Gasteiger partial charge in [-0.25, -0.2) is 0 Å². The third kappa shape index (κ3) is 3.20. The van der Waals surface area contributed by atoms with Crippen molar-refractivity contribution in [3.63, 3.8) is 0 Å². The predicted molar refractivity (Wildman–Crippen MR) is 67.2 cm³/mol. The molecule has 1 heterocycles. The van der Waals surface area contributed by atoms with Crippen molar-refractivity contribution < 1.29 is 10.0 Å². The number of rotatable bonds is 5. The van der Waals surface area contributed by atoms with Gasteiger partial charge in [-0.3, -0.25) is 10.1 Å². The van der Waals surface area contributed by atoms with Crippen LogP contribution < -0.4 is 0 Å². The largest absolute Gasteiger partial charge is 0.388 e. The minimum absolute atomic E-state index is 0.117. The van der Waals surface area contributed by atoms with E-state index in [1.807, 2.05) is 13.8 Å². The molecule has 0 spiro atoms. The molecule has 1 aromatic rings. The van der Waals surface area contributed by atoms with Gasteiger partial charge in [0.15, 0.2) is 0 Å². The Morgan fingerprint density at radius 3 is 2.69 bits per heavy atom. The maximum atomic E-state index is 10.8. The lowest BCUT2D eigenvalue weighted by Gasteiger charge is -2.04. The Balaban J connectivity index is 3.00. The van der Waals surface area contributed by atoms with E-state index >= 15 is 0 Å². The van der Waals surface area contributed by atoms with Crippen molar-refractivity contribution in [3.8, 4) is 0 Å². The second-order valence-electron chi connectivity index (χ2n) is 3.59. The summed E-state index contributed by atoms with van der Waals surface area (Å²) in [6.45, 7) is 5.70. The molecule has 1 N–H and O–H groups in total. The van der Waals surface area contributed by atoms with Crippen LogP contribution in [0.1, 0.15) is 38.2 Å². The molecule has 0 fully saturated rings. The zero-order chi connectivity index (χ0) is 12.3. The highest BCUT2D eigenvalue weighted by Crippen LogP contribution is 2.41. The van der Waals surface area contributed by atoms with Gasteiger partial charge in [0.2, 0.25) is 0 Å². The van der Waals surface area contributed by atoms with E-state index in [-0.39, 0.29) is 10.6 Å². The predicted octanol–water partition coefficient (Wildman–Crippen LogP) is 3.60. The number of thiophene rings is 1. The van der Waals surface area contributed by atoms with Gasteiger partial charge >= 0.3 is 0 Å². The van der Waals surface area contributed by atoms with Crippen LogP contribution in [0.5, 0.6) is 0 Å². The molecule has 90 valence electrons. The van der Waals surface area contributed by atoms with E-state index < -0.39 is 6.10 Å². The second kappa shape index (κ2) is 5.65. The van der Waals surface area contributed by atoms with Crippen molar-refractivity contribution in [1.82, 2.24) is 0 Å². The molecule has 0 aliphatic heterocycles. The second-order valence-corrected chi connectivity index (χ2v) is 6.38. The summed E-state index contributed by atoms with van der Waals surface area (Å²) < 4.78 is 0.690. The molecule has 6 heteroatoms. The summed E-state index contributed by atoms with van der Waals surface area (Å²) in [5, 5.41) is 20.6. The van der Waals surface area contributed by atoms with Crippen LogP contribution in [0.3, 0.4) is 0 Å². The maximum absolute atomic E-state index is 10.8. The monoisotopic (exact) mass is 261 g/mol. The van der Waals surface area contributed by atoms with E-state index in [2.05, 4.69) is 0 Å². The first kappa shape index (κ1) is 13.5. The molecule has 1 rings (SSSR count). The van der Waals surface area contributed by atoms with Crippen molar-refractivity contribution in [2.24, 2.45) is 0 Å². The Kier molecular flexibility index (Phi) is 4.76. The minimum Gasteiger partial charge on any atom is -0.388 e. The van der Waals surface area contributed by atoms with Gasteiger partial charge in [0, 0.05) is 16.2 Å². The molecular weight excluding hydrogens is 246 g/mol. The standard InChI is InChI=1S/C10H15NO3S2/c1-4-6(2)15-10-8(11(13)14)5-9(16-10)7(3)12/h5-7,12H,4H2,1-3H3/t6?,7-/m0/s1. The van der Waals surface area contributed by atoms with E-state index in [0.29, 0.717) is 14.3 Å². The highest BCUT2D eigenvalue weighted by molar-refractivity contribution is 8.01. The lowest BCUT2D eigenvalue weighted by atomic mass is 10.3. The van der Waals surface area contributed by atoms with E-state index in [1.165, 1.54) is 29.2 Å². The normalized spacial score (nSPS) is 14.8. The van der Waals surface area contributed by atoms with E-state index in [4.69, 9.17) is 0 Å². The Labute approximate surface area is 103 Å². The Morgan fingerprint density at radius 2 is 2.25 bits per heavy atom. The topological polar surface area (TPSA) is 63.4 Å². The molecule has 0 radical (unpaired) electrons. The van der Waals surface area contributed by atoms with Crippen LogP contribution in [0.2, 0.25) is 0 Å². The Hall–Kier alpha value is -0.590. The summed E-state index contributed by atoms with van der Waals surface area (Å²) in [7, 11) is 0. The number of nitro groups is 1. The fraction of sp³-hybridized carbons (Fsp3) is 0.600. The smallest absolute Gasteiger partial charge is 0.294 e.